The van der Waals surface area contributed by atoms with Crippen LogP contribution in [0.2, 0.25) is 0 Å². The van der Waals surface area contributed by atoms with Gasteiger partial charge in [-0.2, -0.15) is 0 Å². The van der Waals surface area contributed by atoms with Crippen LogP contribution in [-0.4, -0.2) is 65.0 Å². The van der Waals surface area contributed by atoms with Gasteiger partial charge in [-0.05, 0) is 37.9 Å². The fraction of sp³-hybridized carbons (Fsp3) is 0.421. The number of nitrogens with two attached hydrogens (primary N) is 2. The number of hydrogen-bond acceptors (Lipinski definition) is 7. The van der Waals surface area contributed by atoms with Crippen molar-refractivity contribution >= 4 is 35.2 Å². The van der Waals surface area contributed by atoms with Crippen LogP contribution >= 0.6 is 0 Å². The molecular formula is C19H23N5O5. The zero-order valence-corrected chi connectivity index (χ0v) is 15.8. The lowest BCUT2D eigenvalue weighted by Gasteiger charge is -2.34. The Bertz CT molecular complexity index is 884. The molecule has 5 amide bonds. The molecule has 5 N–H and O–H groups in total. The second-order valence-electron chi connectivity index (χ2n) is 6.97. The molecule has 1 fully saturated rings. The number of anilines is 1. The van der Waals surface area contributed by atoms with Gasteiger partial charge in [0.1, 0.15) is 12.6 Å². The summed E-state index contributed by atoms with van der Waals surface area (Å²) in [5.74, 6) is -3.04. The van der Waals surface area contributed by atoms with Gasteiger partial charge >= 0.3 is 0 Å². The molecule has 2 aliphatic rings. The summed E-state index contributed by atoms with van der Waals surface area (Å²) in [4.78, 5) is 64.3. The van der Waals surface area contributed by atoms with E-state index >= 15 is 0 Å². The number of amides is 5. The van der Waals surface area contributed by atoms with Crippen LogP contribution in [0, 0.1) is 0 Å². The van der Waals surface area contributed by atoms with Crippen LogP contribution in [0.1, 0.15) is 46.4 Å². The van der Waals surface area contributed by atoms with Crippen molar-refractivity contribution in [3.63, 3.8) is 0 Å². The topological polar surface area (TPSA) is 156 Å². The van der Waals surface area contributed by atoms with Crippen molar-refractivity contribution in [3.8, 4) is 0 Å². The van der Waals surface area contributed by atoms with Crippen molar-refractivity contribution in [3.05, 3.63) is 29.3 Å². The summed E-state index contributed by atoms with van der Waals surface area (Å²) in [7, 11) is 0. The second kappa shape index (κ2) is 8.39. The molecule has 10 heteroatoms. The summed E-state index contributed by atoms with van der Waals surface area (Å²) in [6.45, 7) is 0.431. The predicted octanol–water partition coefficient (Wildman–Crippen LogP) is -0.762. The van der Waals surface area contributed by atoms with Gasteiger partial charge in [-0.1, -0.05) is 6.07 Å². The maximum Gasteiger partial charge on any atom is 0.264 e. The second-order valence-corrected chi connectivity index (χ2v) is 6.97. The van der Waals surface area contributed by atoms with Gasteiger partial charge < -0.3 is 16.8 Å². The molecule has 0 radical (unpaired) electrons. The molecule has 29 heavy (non-hydrogen) atoms. The number of unbranched alkanes of at least 4 members (excludes halogenated alkanes) is 1. The minimum atomic E-state index is -1.15. The number of carbonyl (C=O) groups is 5. The largest absolute Gasteiger partial charge is 0.398 e. The molecule has 1 aromatic rings. The predicted molar refractivity (Wildman–Crippen MR) is 102 cm³/mol. The monoisotopic (exact) mass is 401 g/mol. The lowest BCUT2D eigenvalue weighted by molar-refractivity contribution is -0.154. The molecule has 0 spiro atoms. The highest BCUT2D eigenvalue weighted by molar-refractivity contribution is 6.25. The molecule has 0 bridgehead atoms. The Morgan fingerprint density at radius 2 is 1.90 bits per heavy atom. The first-order chi connectivity index (χ1) is 13.9. The van der Waals surface area contributed by atoms with Crippen LogP contribution in [0.25, 0.3) is 0 Å². The van der Waals surface area contributed by atoms with Crippen LogP contribution in [-0.2, 0) is 14.4 Å². The number of nitrogens with one attached hydrogen (secondary N) is 1. The van der Waals surface area contributed by atoms with Crippen molar-refractivity contribution in [1.82, 2.24) is 15.1 Å². The number of hydrogen-bond donors (Lipinski definition) is 3. The summed E-state index contributed by atoms with van der Waals surface area (Å²) in [5, 5.41) is 2.62. The molecule has 2 aliphatic heterocycles. The average Bonchev–Trinajstić information content (AvgIpc) is 2.94. The van der Waals surface area contributed by atoms with E-state index in [0.29, 0.717) is 19.5 Å². The van der Waals surface area contributed by atoms with Gasteiger partial charge in [-0.3, -0.25) is 33.8 Å². The molecule has 1 atom stereocenters. The number of imide groups is 2. The molecule has 2 heterocycles. The van der Waals surface area contributed by atoms with E-state index in [-0.39, 0.29) is 29.7 Å². The van der Waals surface area contributed by atoms with Gasteiger partial charge in [0.25, 0.3) is 17.7 Å². The SMILES string of the molecule is NCCCCNC(=O)CN1C(=O)CCC(N2C(=O)c3cccc(N)c3C2=O)C1=O. The Morgan fingerprint density at radius 1 is 1.14 bits per heavy atom. The number of piperidine rings is 1. The third kappa shape index (κ3) is 3.83. The first-order valence-corrected chi connectivity index (χ1v) is 9.44. The summed E-state index contributed by atoms with van der Waals surface area (Å²) >= 11 is 0. The Balaban J connectivity index is 1.73. The minimum absolute atomic E-state index is 0.0116. The lowest BCUT2D eigenvalue weighted by atomic mass is 10.0. The van der Waals surface area contributed by atoms with Gasteiger partial charge in [0.2, 0.25) is 11.8 Å². The number of benzene rings is 1. The van der Waals surface area contributed by atoms with E-state index in [1.54, 1.807) is 6.07 Å². The maximum absolute atomic E-state index is 12.9. The standard InChI is InChI=1S/C19H23N5O5/c20-8-1-2-9-22-14(25)10-23-15(26)7-6-13(18(23)28)24-17(27)11-4-3-5-12(21)16(11)19(24)29/h3-5,13H,1-2,6-10,20-21H2,(H,22,25). The van der Waals surface area contributed by atoms with Gasteiger partial charge in [0.05, 0.1) is 11.1 Å². The van der Waals surface area contributed by atoms with Gasteiger partial charge in [0, 0.05) is 18.7 Å². The zero-order chi connectivity index (χ0) is 21.1. The van der Waals surface area contributed by atoms with Gasteiger partial charge in [-0.15, -0.1) is 0 Å². The highest BCUT2D eigenvalue weighted by Crippen LogP contribution is 2.31. The van der Waals surface area contributed by atoms with Crippen molar-refractivity contribution < 1.29 is 24.0 Å². The number of nitrogen functional groups attached to an aromatic ring is 1. The van der Waals surface area contributed by atoms with E-state index in [0.717, 1.165) is 16.2 Å². The Hall–Kier alpha value is -3.27. The number of fused-ring (bicyclic) bond motifs is 1. The number of carbonyl (C=O) groups excluding carboxylic acids is 5. The van der Waals surface area contributed by atoms with E-state index in [4.69, 9.17) is 11.5 Å². The zero-order valence-electron chi connectivity index (χ0n) is 15.8. The van der Waals surface area contributed by atoms with E-state index in [2.05, 4.69) is 5.32 Å². The minimum Gasteiger partial charge on any atom is -0.398 e. The smallest absolute Gasteiger partial charge is 0.264 e. The highest BCUT2D eigenvalue weighted by Gasteiger charge is 2.47. The maximum atomic E-state index is 12.9. The normalized spacial score (nSPS) is 19.0. The first-order valence-electron chi connectivity index (χ1n) is 9.44. The van der Waals surface area contributed by atoms with E-state index in [1.807, 2.05) is 0 Å². The lowest BCUT2D eigenvalue weighted by Crippen LogP contribution is -2.57. The molecule has 1 unspecified atom stereocenters. The molecular weight excluding hydrogens is 378 g/mol. The van der Waals surface area contributed by atoms with Crippen molar-refractivity contribution in [2.45, 2.75) is 31.7 Å². The average molecular weight is 401 g/mol. The molecule has 0 aliphatic carbocycles. The quantitative estimate of drug-likeness (QED) is 0.308. The summed E-state index contributed by atoms with van der Waals surface area (Å²) < 4.78 is 0. The fourth-order valence-electron chi connectivity index (χ4n) is 3.54. The Morgan fingerprint density at radius 3 is 2.59 bits per heavy atom. The Labute approximate surface area is 167 Å². The van der Waals surface area contributed by atoms with Crippen molar-refractivity contribution in [2.75, 3.05) is 25.4 Å². The summed E-state index contributed by atoms with van der Waals surface area (Å²) in [5.41, 5.74) is 11.6. The molecule has 0 saturated carbocycles. The third-order valence-electron chi connectivity index (χ3n) is 5.03. The van der Waals surface area contributed by atoms with Crippen LogP contribution in [0.5, 0.6) is 0 Å². The van der Waals surface area contributed by atoms with Crippen LogP contribution in [0.3, 0.4) is 0 Å². The third-order valence-corrected chi connectivity index (χ3v) is 5.03. The molecule has 1 saturated heterocycles. The van der Waals surface area contributed by atoms with Gasteiger partial charge in [-0.25, -0.2) is 0 Å². The number of nitrogens with zero attached hydrogens (tertiary/aromatic N) is 2. The van der Waals surface area contributed by atoms with E-state index in [9.17, 15) is 24.0 Å². The number of likely N-dealkylation sites (tertiary alicyclic amines) is 1. The highest BCUT2D eigenvalue weighted by atomic mass is 16.2. The van der Waals surface area contributed by atoms with Crippen molar-refractivity contribution in [1.29, 1.82) is 0 Å². The van der Waals surface area contributed by atoms with Crippen LogP contribution in [0.4, 0.5) is 5.69 Å². The van der Waals surface area contributed by atoms with Crippen molar-refractivity contribution in [2.24, 2.45) is 5.73 Å². The van der Waals surface area contributed by atoms with Crippen LogP contribution < -0.4 is 16.8 Å². The molecule has 1 aromatic carbocycles. The fourth-order valence-corrected chi connectivity index (χ4v) is 3.54. The molecule has 10 nitrogen and oxygen atoms in total. The summed E-state index contributed by atoms with van der Waals surface area (Å²) in [6, 6.07) is 3.37. The Kier molecular flexibility index (Phi) is 5.92. The molecule has 3 rings (SSSR count). The van der Waals surface area contributed by atoms with Crippen LogP contribution in [0.15, 0.2) is 18.2 Å². The number of rotatable bonds is 7. The van der Waals surface area contributed by atoms with Gasteiger partial charge in [0.15, 0.2) is 0 Å². The molecule has 0 aromatic heterocycles. The molecule has 154 valence electrons. The summed E-state index contributed by atoms with van der Waals surface area (Å²) in [6.07, 6.45) is 1.38. The van der Waals surface area contributed by atoms with E-state index in [1.165, 1.54) is 12.1 Å². The van der Waals surface area contributed by atoms with E-state index < -0.39 is 42.1 Å². The first kappa shape index (κ1) is 20.5.